The number of fused-ring (bicyclic) bond motifs is 1. The number of hydrogen-bond acceptors (Lipinski definition) is 5. The van der Waals surface area contributed by atoms with Crippen LogP contribution in [-0.4, -0.2) is 56.4 Å². The van der Waals surface area contributed by atoms with Gasteiger partial charge in [-0.15, -0.1) is 0 Å². The third-order valence-corrected chi connectivity index (χ3v) is 6.94. The predicted octanol–water partition coefficient (Wildman–Crippen LogP) is 3.88. The maximum atomic E-state index is 12.8. The molecule has 0 radical (unpaired) electrons. The van der Waals surface area contributed by atoms with Crippen molar-refractivity contribution in [1.29, 1.82) is 0 Å². The molecule has 3 aromatic heterocycles. The molecule has 3 aromatic rings. The fourth-order valence-electron chi connectivity index (χ4n) is 4.96. The highest BCUT2D eigenvalue weighted by Crippen LogP contribution is 2.29. The summed E-state index contributed by atoms with van der Waals surface area (Å²) in [5.74, 6) is 1.36. The van der Waals surface area contributed by atoms with Crippen LogP contribution in [0.25, 0.3) is 5.65 Å². The zero-order valence-corrected chi connectivity index (χ0v) is 18.5. The molecular weight excluding hydrogens is 390 g/mol. The van der Waals surface area contributed by atoms with Gasteiger partial charge in [0.05, 0.1) is 17.1 Å². The molecule has 164 valence electrons. The molecule has 7 nitrogen and oxygen atoms in total. The molecule has 5 rings (SSSR count). The van der Waals surface area contributed by atoms with Gasteiger partial charge in [-0.3, -0.25) is 9.69 Å². The topological polar surface area (TPSA) is 66.9 Å². The average Bonchev–Trinajstić information content (AvgIpc) is 3.40. The summed E-state index contributed by atoms with van der Waals surface area (Å²) < 4.78 is 7.69. The number of carbonyl (C=O) groups is 1. The average molecular weight is 422 g/mol. The Morgan fingerprint density at radius 1 is 1.19 bits per heavy atom. The van der Waals surface area contributed by atoms with Crippen LogP contribution in [0.3, 0.4) is 0 Å². The molecular formula is C24H31N5O2. The minimum absolute atomic E-state index is 0.0142. The summed E-state index contributed by atoms with van der Waals surface area (Å²) in [7, 11) is 0. The van der Waals surface area contributed by atoms with E-state index in [2.05, 4.69) is 34.5 Å². The molecule has 0 saturated carbocycles. The van der Waals surface area contributed by atoms with Gasteiger partial charge in [0.1, 0.15) is 5.65 Å². The number of pyridine rings is 1. The molecule has 1 atom stereocenters. The Balaban J connectivity index is 1.26. The fraction of sp³-hybridized carbons (Fsp3) is 0.542. The molecule has 0 aromatic carbocycles. The molecule has 1 amide bonds. The van der Waals surface area contributed by atoms with Gasteiger partial charge in [0.2, 0.25) is 5.76 Å². The molecule has 0 bridgehead atoms. The highest BCUT2D eigenvalue weighted by Gasteiger charge is 2.29. The van der Waals surface area contributed by atoms with Crippen molar-refractivity contribution in [2.45, 2.75) is 52.0 Å². The van der Waals surface area contributed by atoms with Gasteiger partial charge in [0, 0.05) is 44.4 Å². The molecule has 1 unspecified atom stereocenters. The second-order valence-corrected chi connectivity index (χ2v) is 9.24. The molecule has 0 N–H and O–H groups in total. The van der Waals surface area contributed by atoms with Crippen molar-refractivity contribution in [3.8, 4) is 0 Å². The standard InChI is InChI=1S/C24H31N5O2/c1-17-8-12-28(13-9-17)24(30)22-14-20(26-31-22)19-6-5-10-27(15-19)16-21-18(2)25-23-7-3-4-11-29(21)23/h3-4,7,11,14,17,19H,5-6,8-10,12-13,15-16H2,1-2H3. The van der Waals surface area contributed by atoms with Crippen LogP contribution < -0.4 is 0 Å². The van der Waals surface area contributed by atoms with E-state index in [9.17, 15) is 4.79 Å². The molecule has 2 aliphatic heterocycles. The number of nitrogens with zero attached hydrogens (tertiary/aromatic N) is 5. The monoisotopic (exact) mass is 421 g/mol. The predicted molar refractivity (Wildman–Crippen MR) is 118 cm³/mol. The first kappa shape index (κ1) is 20.2. The van der Waals surface area contributed by atoms with Crippen LogP contribution >= 0.6 is 0 Å². The quantitative estimate of drug-likeness (QED) is 0.640. The third-order valence-electron chi connectivity index (χ3n) is 6.94. The summed E-state index contributed by atoms with van der Waals surface area (Å²) in [6.07, 6.45) is 6.40. The highest BCUT2D eigenvalue weighted by molar-refractivity contribution is 5.91. The Labute approximate surface area is 183 Å². The number of aryl methyl sites for hydroxylation is 1. The number of imidazole rings is 1. The molecule has 5 heterocycles. The van der Waals surface area contributed by atoms with E-state index in [1.54, 1.807) is 0 Å². The van der Waals surface area contributed by atoms with Gasteiger partial charge < -0.3 is 13.8 Å². The normalized spacial score (nSPS) is 21.1. The smallest absolute Gasteiger partial charge is 0.292 e. The lowest BCUT2D eigenvalue weighted by molar-refractivity contribution is 0.0655. The highest BCUT2D eigenvalue weighted by atomic mass is 16.5. The molecule has 2 saturated heterocycles. The summed E-state index contributed by atoms with van der Waals surface area (Å²) in [6.45, 7) is 8.80. The lowest BCUT2D eigenvalue weighted by atomic mass is 9.94. The zero-order chi connectivity index (χ0) is 21.4. The summed E-state index contributed by atoms with van der Waals surface area (Å²) in [5, 5.41) is 4.30. The van der Waals surface area contributed by atoms with E-state index in [4.69, 9.17) is 9.51 Å². The van der Waals surface area contributed by atoms with Crippen LogP contribution in [0.2, 0.25) is 0 Å². The van der Waals surface area contributed by atoms with Gasteiger partial charge in [0.25, 0.3) is 5.91 Å². The number of piperidine rings is 2. The van der Waals surface area contributed by atoms with E-state index in [1.807, 2.05) is 29.2 Å². The summed E-state index contributed by atoms with van der Waals surface area (Å²) in [6, 6.07) is 8.00. The molecule has 0 aliphatic carbocycles. The Kier molecular flexibility index (Phi) is 5.52. The fourth-order valence-corrected chi connectivity index (χ4v) is 4.96. The van der Waals surface area contributed by atoms with Crippen LogP contribution in [0.15, 0.2) is 35.0 Å². The number of rotatable bonds is 4. The van der Waals surface area contributed by atoms with E-state index < -0.39 is 0 Å². The Hall–Kier alpha value is -2.67. The first-order valence-electron chi connectivity index (χ1n) is 11.5. The van der Waals surface area contributed by atoms with Gasteiger partial charge in [0.15, 0.2) is 0 Å². The van der Waals surface area contributed by atoms with Crippen molar-refractivity contribution < 1.29 is 9.32 Å². The summed E-state index contributed by atoms with van der Waals surface area (Å²) in [4.78, 5) is 21.9. The first-order chi connectivity index (χ1) is 15.1. The van der Waals surface area contributed by atoms with Gasteiger partial charge in [-0.05, 0) is 57.2 Å². The Morgan fingerprint density at radius 3 is 2.87 bits per heavy atom. The molecule has 2 fully saturated rings. The van der Waals surface area contributed by atoms with Gasteiger partial charge in [-0.1, -0.05) is 18.1 Å². The number of carbonyl (C=O) groups excluding carboxylic acids is 1. The Morgan fingerprint density at radius 2 is 2.03 bits per heavy atom. The minimum Gasteiger partial charge on any atom is -0.351 e. The maximum Gasteiger partial charge on any atom is 0.292 e. The first-order valence-corrected chi connectivity index (χ1v) is 11.5. The van der Waals surface area contributed by atoms with Crippen LogP contribution in [0, 0.1) is 12.8 Å². The van der Waals surface area contributed by atoms with Crippen molar-refractivity contribution in [3.63, 3.8) is 0 Å². The lowest BCUT2D eigenvalue weighted by Gasteiger charge is -2.31. The number of aromatic nitrogens is 3. The van der Waals surface area contributed by atoms with Gasteiger partial charge >= 0.3 is 0 Å². The van der Waals surface area contributed by atoms with Crippen LogP contribution in [0.1, 0.15) is 66.2 Å². The molecule has 31 heavy (non-hydrogen) atoms. The van der Waals surface area contributed by atoms with E-state index in [0.717, 1.165) is 75.4 Å². The Bertz CT molecular complexity index is 1060. The van der Waals surface area contributed by atoms with E-state index in [0.29, 0.717) is 17.6 Å². The number of amides is 1. The van der Waals surface area contributed by atoms with Crippen molar-refractivity contribution in [3.05, 3.63) is 53.3 Å². The largest absolute Gasteiger partial charge is 0.351 e. The van der Waals surface area contributed by atoms with Crippen LogP contribution in [-0.2, 0) is 6.54 Å². The molecule has 7 heteroatoms. The van der Waals surface area contributed by atoms with Gasteiger partial charge in [-0.2, -0.15) is 0 Å². The second-order valence-electron chi connectivity index (χ2n) is 9.24. The number of hydrogen-bond donors (Lipinski definition) is 0. The summed E-state index contributed by atoms with van der Waals surface area (Å²) >= 11 is 0. The third kappa shape index (κ3) is 4.11. The van der Waals surface area contributed by atoms with Gasteiger partial charge in [-0.25, -0.2) is 4.98 Å². The van der Waals surface area contributed by atoms with Crippen LogP contribution in [0.5, 0.6) is 0 Å². The van der Waals surface area contributed by atoms with Crippen molar-refractivity contribution in [1.82, 2.24) is 24.3 Å². The van der Waals surface area contributed by atoms with E-state index in [-0.39, 0.29) is 5.91 Å². The van der Waals surface area contributed by atoms with Crippen LogP contribution in [0.4, 0.5) is 0 Å². The molecule has 2 aliphatic rings. The zero-order valence-electron chi connectivity index (χ0n) is 18.5. The number of likely N-dealkylation sites (tertiary alicyclic amines) is 2. The van der Waals surface area contributed by atoms with E-state index in [1.165, 1.54) is 5.69 Å². The molecule has 0 spiro atoms. The van der Waals surface area contributed by atoms with Crippen molar-refractivity contribution >= 4 is 11.6 Å². The van der Waals surface area contributed by atoms with E-state index >= 15 is 0 Å². The lowest BCUT2D eigenvalue weighted by Crippen LogP contribution is -2.37. The maximum absolute atomic E-state index is 12.8. The minimum atomic E-state index is -0.0142. The SMILES string of the molecule is Cc1nc2ccccn2c1CN1CCCC(c2cc(C(=O)N3CCC(C)CC3)on2)C1. The van der Waals surface area contributed by atoms with Crippen molar-refractivity contribution in [2.75, 3.05) is 26.2 Å². The summed E-state index contributed by atoms with van der Waals surface area (Å²) in [5.41, 5.74) is 4.23. The second kappa shape index (κ2) is 8.46. The van der Waals surface area contributed by atoms with Crippen molar-refractivity contribution in [2.24, 2.45) is 5.92 Å².